The van der Waals surface area contributed by atoms with E-state index >= 15 is 0 Å². The van der Waals surface area contributed by atoms with E-state index in [4.69, 9.17) is 4.52 Å². The fraction of sp³-hybridized carbons (Fsp3) is 0.389. The van der Waals surface area contributed by atoms with Crippen molar-refractivity contribution in [1.82, 2.24) is 10.1 Å². The fourth-order valence-corrected chi connectivity index (χ4v) is 2.91. The molecule has 0 bridgehead atoms. The number of amides is 2. The summed E-state index contributed by atoms with van der Waals surface area (Å²) in [5.74, 6) is 0.340. The van der Waals surface area contributed by atoms with Crippen LogP contribution in [0.3, 0.4) is 0 Å². The molecule has 1 saturated heterocycles. The van der Waals surface area contributed by atoms with E-state index in [0.717, 1.165) is 16.9 Å². The van der Waals surface area contributed by atoms with Crippen molar-refractivity contribution in [3.8, 4) is 0 Å². The van der Waals surface area contributed by atoms with Crippen LogP contribution in [-0.4, -0.2) is 41.0 Å². The fourth-order valence-electron chi connectivity index (χ4n) is 2.91. The van der Waals surface area contributed by atoms with Crippen molar-refractivity contribution >= 4 is 17.5 Å². The first-order valence-corrected chi connectivity index (χ1v) is 8.03. The number of carbonyl (C=O) groups is 2. The SMILES string of the molecule is Cc1ccc(N2C[C@@H](C)N(C(=O)Cc3cc(C)no3)CC2=O)cc1. The van der Waals surface area contributed by atoms with Gasteiger partial charge in [0.15, 0.2) is 0 Å². The van der Waals surface area contributed by atoms with Crippen molar-refractivity contribution in [3.05, 3.63) is 47.3 Å². The van der Waals surface area contributed by atoms with Crippen molar-refractivity contribution in [1.29, 1.82) is 0 Å². The first-order valence-electron chi connectivity index (χ1n) is 8.03. The zero-order valence-electron chi connectivity index (χ0n) is 14.2. The quantitative estimate of drug-likeness (QED) is 0.866. The number of benzene rings is 1. The van der Waals surface area contributed by atoms with Gasteiger partial charge < -0.3 is 14.3 Å². The van der Waals surface area contributed by atoms with Gasteiger partial charge >= 0.3 is 0 Å². The normalized spacial score (nSPS) is 18.1. The molecular weight excluding hydrogens is 306 g/mol. The second-order valence-electron chi connectivity index (χ2n) is 6.32. The summed E-state index contributed by atoms with van der Waals surface area (Å²) in [6.45, 7) is 6.35. The van der Waals surface area contributed by atoms with Crippen LogP contribution in [0.1, 0.15) is 23.9 Å². The second-order valence-corrected chi connectivity index (χ2v) is 6.32. The summed E-state index contributed by atoms with van der Waals surface area (Å²) in [6.07, 6.45) is 0.128. The third-order valence-corrected chi connectivity index (χ3v) is 4.25. The molecule has 0 saturated carbocycles. The number of aromatic nitrogens is 1. The Morgan fingerprint density at radius 3 is 2.62 bits per heavy atom. The van der Waals surface area contributed by atoms with Crippen LogP contribution in [-0.2, 0) is 16.0 Å². The third kappa shape index (κ3) is 3.32. The Hall–Kier alpha value is -2.63. The lowest BCUT2D eigenvalue weighted by Gasteiger charge is -2.39. The van der Waals surface area contributed by atoms with Gasteiger partial charge in [0, 0.05) is 24.3 Å². The molecule has 2 aromatic rings. The maximum Gasteiger partial charge on any atom is 0.246 e. The van der Waals surface area contributed by atoms with Crippen molar-refractivity contribution in [2.24, 2.45) is 0 Å². The largest absolute Gasteiger partial charge is 0.361 e. The zero-order valence-corrected chi connectivity index (χ0v) is 14.2. The summed E-state index contributed by atoms with van der Waals surface area (Å²) in [5.41, 5.74) is 2.76. The van der Waals surface area contributed by atoms with Crippen molar-refractivity contribution < 1.29 is 14.1 Å². The Bertz CT molecular complexity index is 751. The summed E-state index contributed by atoms with van der Waals surface area (Å²) in [4.78, 5) is 28.3. The molecule has 126 valence electrons. The minimum atomic E-state index is -0.115. The number of carbonyl (C=O) groups excluding carboxylic acids is 2. The molecule has 1 aliphatic heterocycles. The van der Waals surface area contributed by atoms with Gasteiger partial charge in [-0.2, -0.15) is 0 Å². The molecule has 6 nitrogen and oxygen atoms in total. The average molecular weight is 327 g/mol. The van der Waals surface area contributed by atoms with E-state index in [9.17, 15) is 9.59 Å². The highest BCUT2D eigenvalue weighted by atomic mass is 16.5. The van der Waals surface area contributed by atoms with Gasteiger partial charge in [-0.3, -0.25) is 9.59 Å². The van der Waals surface area contributed by atoms with Crippen molar-refractivity contribution in [3.63, 3.8) is 0 Å². The minimum Gasteiger partial charge on any atom is -0.361 e. The third-order valence-electron chi connectivity index (χ3n) is 4.25. The lowest BCUT2D eigenvalue weighted by molar-refractivity contribution is -0.139. The van der Waals surface area contributed by atoms with Crippen LogP contribution < -0.4 is 4.90 Å². The van der Waals surface area contributed by atoms with E-state index in [1.54, 1.807) is 15.9 Å². The summed E-state index contributed by atoms with van der Waals surface area (Å²) in [6, 6.07) is 9.53. The minimum absolute atomic E-state index is 0.0551. The lowest BCUT2D eigenvalue weighted by atomic mass is 10.1. The van der Waals surface area contributed by atoms with Gasteiger partial charge in [0.05, 0.1) is 12.1 Å². The van der Waals surface area contributed by atoms with Crippen LogP contribution in [0.2, 0.25) is 0 Å². The Morgan fingerprint density at radius 1 is 1.29 bits per heavy atom. The predicted octanol–water partition coefficient (Wildman–Crippen LogP) is 2.10. The first kappa shape index (κ1) is 16.2. The van der Waals surface area contributed by atoms with E-state index in [1.165, 1.54) is 0 Å². The smallest absolute Gasteiger partial charge is 0.246 e. The number of piperazine rings is 1. The molecule has 6 heteroatoms. The van der Waals surface area contributed by atoms with Crippen LogP contribution in [0.15, 0.2) is 34.9 Å². The zero-order chi connectivity index (χ0) is 17.3. The molecule has 2 heterocycles. The van der Waals surface area contributed by atoms with Crippen molar-refractivity contribution in [2.75, 3.05) is 18.0 Å². The Balaban J connectivity index is 1.69. The number of hydrogen-bond acceptors (Lipinski definition) is 4. The van der Waals surface area contributed by atoms with Gasteiger partial charge in [-0.1, -0.05) is 22.9 Å². The highest BCUT2D eigenvalue weighted by Gasteiger charge is 2.33. The van der Waals surface area contributed by atoms with Gasteiger partial charge in [0.1, 0.15) is 12.3 Å². The molecule has 0 aliphatic carbocycles. The number of rotatable bonds is 3. The molecule has 1 fully saturated rings. The molecule has 2 amide bonds. The van der Waals surface area contributed by atoms with Crippen molar-refractivity contribution in [2.45, 2.75) is 33.2 Å². The molecule has 0 spiro atoms. The van der Waals surface area contributed by atoms with Crippen LogP contribution in [0.4, 0.5) is 5.69 Å². The summed E-state index contributed by atoms with van der Waals surface area (Å²) in [5, 5.41) is 3.79. The summed E-state index contributed by atoms with van der Waals surface area (Å²) < 4.78 is 5.10. The Labute approximate surface area is 141 Å². The number of anilines is 1. The molecule has 24 heavy (non-hydrogen) atoms. The molecule has 1 aromatic heterocycles. The van der Waals surface area contributed by atoms with E-state index in [-0.39, 0.29) is 30.8 Å². The average Bonchev–Trinajstić information content (AvgIpc) is 2.95. The predicted molar refractivity (Wildman–Crippen MR) is 89.7 cm³/mol. The van der Waals surface area contributed by atoms with Gasteiger partial charge in [-0.15, -0.1) is 0 Å². The molecule has 1 aliphatic rings. The molecule has 3 rings (SSSR count). The van der Waals surface area contributed by atoms with Gasteiger partial charge in [0.25, 0.3) is 0 Å². The van der Waals surface area contributed by atoms with E-state index < -0.39 is 0 Å². The van der Waals surface area contributed by atoms with Gasteiger partial charge in [-0.05, 0) is 32.9 Å². The molecule has 1 aromatic carbocycles. The maximum atomic E-state index is 12.5. The van der Waals surface area contributed by atoms with E-state index in [0.29, 0.717) is 12.3 Å². The topological polar surface area (TPSA) is 66.7 Å². The van der Waals surface area contributed by atoms with E-state index in [1.807, 2.05) is 45.0 Å². The monoisotopic (exact) mass is 327 g/mol. The lowest BCUT2D eigenvalue weighted by Crippen LogP contribution is -2.57. The maximum absolute atomic E-state index is 12.5. The first-order chi connectivity index (χ1) is 11.4. The number of nitrogens with zero attached hydrogens (tertiary/aromatic N) is 3. The summed E-state index contributed by atoms with van der Waals surface area (Å²) >= 11 is 0. The molecule has 0 N–H and O–H groups in total. The Morgan fingerprint density at radius 2 is 2.00 bits per heavy atom. The Kier molecular flexibility index (Phi) is 4.38. The molecule has 0 unspecified atom stereocenters. The standard InChI is InChI=1S/C18H21N3O3/c1-12-4-6-15(7-5-12)21-10-14(3)20(11-18(21)23)17(22)9-16-8-13(2)19-24-16/h4-8,14H,9-11H2,1-3H3/t14-/m1/s1. The molecular formula is C18H21N3O3. The highest BCUT2D eigenvalue weighted by molar-refractivity contribution is 5.98. The van der Waals surface area contributed by atoms with Crippen LogP contribution in [0, 0.1) is 13.8 Å². The molecule has 1 atom stereocenters. The second kappa shape index (κ2) is 6.47. The summed E-state index contributed by atoms with van der Waals surface area (Å²) in [7, 11) is 0. The van der Waals surface area contributed by atoms with Crippen LogP contribution in [0.25, 0.3) is 0 Å². The number of aryl methyl sites for hydroxylation is 2. The van der Waals surface area contributed by atoms with E-state index in [2.05, 4.69) is 5.16 Å². The van der Waals surface area contributed by atoms with Gasteiger partial charge in [0.2, 0.25) is 11.8 Å². The van der Waals surface area contributed by atoms with Crippen LogP contribution >= 0.6 is 0 Å². The highest BCUT2D eigenvalue weighted by Crippen LogP contribution is 2.21. The van der Waals surface area contributed by atoms with Crippen LogP contribution in [0.5, 0.6) is 0 Å². The van der Waals surface area contributed by atoms with Gasteiger partial charge in [-0.25, -0.2) is 0 Å². The molecule has 0 radical (unpaired) electrons. The number of hydrogen-bond donors (Lipinski definition) is 0.